The van der Waals surface area contributed by atoms with Crippen LogP contribution in [0.4, 0.5) is 0 Å². The molecule has 0 amide bonds. The van der Waals surface area contributed by atoms with E-state index in [0.29, 0.717) is 6.42 Å². The van der Waals surface area contributed by atoms with Crippen molar-refractivity contribution in [3.8, 4) is 0 Å². The van der Waals surface area contributed by atoms with E-state index < -0.39 is 32.3 Å². The standard InChI is InChI=1S/C27H38O5Si/c1-26(2,3)19-22(24(28)30-7)23(25(29)31-8)32-33(27(4,5)6,20-15-11-9-12-16-20)21-17-13-10-14-18-21/h9-18,22-23H,19H2,1-8H3/t22-,23-/m1/s1. The van der Waals surface area contributed by atoms with E-state index in [-0.39, 0.29) is 10.5 Å². The highest BCUT2D eigenvalue weighted by molar-refractivity contribution is 6.99. The summed E-state index contributed by atoms with van der Waals surface area (Å²) in [5, 5.41) is 1.69. The zero-order valence-corrected chi connectivity index (χ0v) is 22.2. The van der Waals surface area contributed by atoms with Crippen LogP contribution >= 0.6 is 0 Å². The monoisotopic (exact) mass is 470 g/mol. The van der Waals surface area contributed by atoms with Gasteiger partial charge in [0.1, 0.15) is 0 Å². The van der Waals surface area contributed by atoms with Crippen molar-refractivity contribution in [1.82, 2.24) is 0 Å². The SMILES string of the molecule is COC(=O)[C@H](CC(C)(C)C)[C@@H](O[Si](c1ccccc1)(c1ccccc1)C(C)(C)C)C(=O)OC. The Kier molecular flexibility index (Phi) is 8.66. The molecular weight excluding hydrogens is 432 g/mol. The highest BCUT2D eigenvalue weighted by atomic mass is 28.4. The van der Waals surface area contributed by atoms with Crippen molar-refractivity contribution in [2.75, 3.05) is 14.2 Å². The molecule has 0 bridgehead atoms. The van der Waals surface area contributed by atoms with E-state index in [0.717, 1.165) is 10.4 Å². The third kappa shape index (κ3) is 6.12. The highest BCUT2D eigenvalue weighted by Gasteiger charge is 2.54. The number of rotatable bonds is 8. The van der Waals surface area contributed by atoms with Gasteiger partial charge in [0.25, 0.3) is 8.32 Å². The minimum absolute atomic E-state index is 0.236. The summed E-state index contributed by atoms with van der Waals surface area (Å²) in [6.07, 6.45) is -0.689. The van der Waals surface area contributed by atoms with Gasteiger partial charge >= 0.3 is 11.9 Å². The molecular formula is C27H38O5Si. The van der Waals surface area contributed by atoms with Crippen LogP contribution in [0.3, 0.4) is 0 Å². The maximum absolute atomic E-state index is 13.2. The van der Waals surface area contributed by atoms with E-state index in [2.05, 4.69) is 45.0 Å². The molecule has 0 spiro atoms. The Labute approximate surface area is 199 Å². The lowest BCUT2D eigenvalue weighted by Gasteiger charge is -2.45. The second kappa shape index (κ2) is 10.7. The van der Waals surface area contributed by atoms with Crippen molar-refractivity contribution in [3.63, 3.8) is 0 Å². The van der Waals surface area contributed by atoms with Gasteiger partial charge in [-0.3, -0.25) is 4.79 Å². The molecule has 0 heterocycles. The van der Waals surface area contributed by atoms with Gasteiger partial charge in [-0.15, -0.1) is 0 Å². The fourth-order valence-electron chi connectivity index (χ4n) is 4.42. The first-order chi connectivity index (χ1) is 15.4. The molecule has 33 heavy (non-hydrogen) atoms. The molecule has 0 unspecified atom stereocenters. The molecule has 0 fully saturated rings. The van der Waals surface area contributed by atoms with Crippen molar-refractivity contribution >= 4 is 30.6 Å². The van der Waals surface area contributed by atoms with Crippen LogP contribution in [0.15, 0.2) is 60.7 Å². The zero-order valence-electron chi connectivity index (χ0n) is 21.2. The van der Waals surface area contributed by atoms with Crippen LogP contribution in [0.25, 0.3) is 0 Å². The topological polar surface area (TPSA) is 61.8 Å². The largest absolute Gasteiger partial charge is 0.469 e. The molecule has 2 aromatic carbocycles. The van der Waals surface area contributed by atoms with Gasteiger partial charge in [0.15, 0.2) is 6.10 Å². The Morgan fingerprint density at radius 1 is 0.758 bits per heavy atom. The molecule has 5 nitrogen and oxygen atoms in total. The van der Waals surface area contributed by atoms with Gasteiger partial charge in [-0.05, 0) is 27.2 Å². The van der Waals surface area contributed by atoms with Crippen LogP contribution in [0, 0.1) is 11.3 Å². The Balaban J connectivity index is 2.80. The van der Waals surface area contributed by atoms with Crippen LogP contribution in [0.5, 0.6) is 0 Å². The summed E-state index contributed by atoms with van der Waals surface area (Å²) in [6, 6.07) is 20.1. The van der Waals surface area contributed by atoms with Crippen molar-refractivity contribution < 1.29 is 23.5 Å². The number of carbonyl (C=O) groups is 2. The lowest BCUT2D eigenvalue weighted by atomic mass is 9.82. The van der Waals surface area contributed by atoms with Gasteiger partial charge in [0.2, 0.25) is 0 Å². The normalized spacial score (nSPS) is 14.3. The zero-order chi connectivity index (χ0) is 24.9. The summed E-state index contributed by atoms with van der Waals surface area (Å²) >= 11 is 0. The highest BCUT2D eigenvalue weighted by Crippen LogP contribution is 2.40. The third-order valence-electron chi connectivity index (χ3n) is 5.86. The molecule has 0 aromatic heterocycles. The number of methoxy groups -OCH3 is 2. The van der Waals surface area contributed by atoms with Gasteiger partial charge in [0.05, 0.1) is 20.1 Å². The van der Waals surface area contributed by atoms with E-state index in [1.807, 2.05) is 57.2 Å². The summed E-state index contributed by atoms with van der Waals surface area (Å²) in [7, 11) is -0.426. The van der Waals surface area contributed by atoms with Crippen LogP contribution in [0.2, 0.25) is 5.04 Å². The molecule has 2 rings (SSSR count). The first kappa shape index (κ1) is 26.8. The molecule has 0 aliphatic rings. The van der Waals surface area contributed by atoms with Gasteiger partial charge in [0, 0.05) is 0 Å². The smallest absolute Gasteiger partial charge is 0.334 e. The van der Waals surface area contributed by atoms with E-state index in [9.17, 15) is 9.59 Å². The maximum Gasteiger partial charge on any atom is 0.334 e. The first-order valence-electron chi connectivity index (χ1n) is 11.3. The fraction of sp³-hybridized carbons (Fsp3) is 0.481. The van der Waals surface area contributed by atoms with Gasteiger partial charge in [-0.2, -0.15) is 0 Å². The van der Waals surface area contributed by atoms with E-state index in [1.165, 1.54) is 14.2 Å². The number of carbonyl (C=O) groups excluding carboxylic acids is 2. The van der Waals surface area contributed by atoms with Gasteiger partial charge < -0.3 is 13.9 Å². The molecule has 180 valence electrons. The molecule has 0 N–H and O–H groups in total. The average Bonchev–Trinajstić information content (AvgIpc) is 2.77. The van der Waals surface area contributed by atoms with Crippen LogP contribution in [0.1, 0.15) is 48.0 Å². The Morgan fingerprint density at radius 2 is 1.18 bits per heavy atom. The van der Waals surface area contributed by atoms with Crippen molar-refractivity contribution in [2.24, 2.45) is 11.3 Å². The molecule has 0 radical (unpaired) electrons. The lowest BCUT2D eigenvalue weighted by Crippen LogP contribution is -2.69. The molecule has 0 saturated heterocycles. The maximum atomic E-state index is 13.2. The van der Waals surface area contributed by atoms with Crippen LogP contribution in [-0.2, 0) is 23.5 Å². The summed E-state index contributed by atoms with van der Waals surface area (Å²) in [5.74, 6) is -1.84. The second-order valence-corrected chi connectivity index (χ2v) is 14.9. The quantitative estimate of drug-likeness (QED) is 0.424. The Bertz CT molecular complexity index is 874. The molecule has 2 aromatic rings. The molecule has 6 heteroatoms. The molecule has 0 saturated carbocycles. The minimum atomic E-state index is -3.10. The predicted octanol–water partition coefficient (Wildman–Crippen LogP) is 4.33. The molecule has 0 aliphatic heterocycles. The Morgan fingerprint density at radius 3 is 1.52 bits per heavy atom. The summed E-state index contributed by atoms with van der Waals surface area (Å²) < 4.78 is 17.3. The van der Waals surface area contributed by atoms with E-state index in [4.69, 9.17) is 13.9 Å². The summed E-state index contributed by atoms with van der Waals surface area (Å²) in [6.45, 7) is 12.5. The first-order valence-corrected chi connectivity index (χ1v) is 13.2. The second-order valence-electron chi connectivity index (χ2n) is 10.6. The number of hydrogen-bond donors (Lipinski definition) is 0. The predicted molar refractivity (Wildman–Crippen MR) is 134 cm³/mol. The number of benzene rings is 2. The molecule has 0 aliphatic carbocycles. The van der Waals surface area contributed by atoms with Crippen LogP contribution in [-0.4, -0.2) is 40.6 Å². The Hall–Kier alpha value is -2.44. The summed E-state index contributed by atoms with van der Waals surface area (Å²) in [4.78, 5) is 26.2. The average molecular weight is 471 g/mol. The van der Waals surface area contributed by atoms with E-state index >= 15 is 0 Å². The van der Waals surface area contributed by atoms with Crippen molar-refractivity contribution in [3.05, 3.63) is 60.7 Å². The number of esters is 2. The fourth-order valence-corrected chi connectivity index (χ4v) is 9.07. The third-order valence-corrected chi connectivity index (χ3v) is 10.9. The molecule has 2 atom stereocenters. The van der Waals surface area contributed by atoms with Gasteiger partial charge in [-0.1, -0.05) is 102 Å². The number of hydrogen-bond acceptors (Lipinski definition) is 5. The summed E-state index contributed by atoms with van der Waals surface area (Å²) in [5.41, 5.74) is -0.236. The van der Waals surface area contributed by atoms with Crippen molar-refractivity contribution in [2.45, 2.75) is 59.1 Å². The van der Waals surface area contributed by atoms with E-state index in [1.54, 1.807) is 0 Å². The lowest BCUT2D eigenvalue weighted by molar-refractivity contribution is -0.163. The minimum Gasteiger partial charge on any atom is -0.469 e. The number of ether oxygens (including phenoxy) is 2. The van der Waals surface area contributed by atoms with Crippen molar-refractivity contribution in [1.29, 1.82) is 0 Å². The van der Waals surface area contributed by atoms with Gasteiger partial charge in [-0.25, -0.2) is 4.79 Å². The van der Waals surface area contributed by atoms with Crippen LogP contribution < -0.4 is 10.4 Å².